The predicted octanol–water partition coefficient (Wildman–Crippen LogP) is 1.35. The normalized spacial score (nSPS) is 10.0. The number of nitrogens with one attached hydrogen (secondary N) is 1. The molecule has 1 heterocycles. The molecule has 1 aromatic heterocycles. The number of hydrogen-bond acceptors (Lipinski definition) is 3. The molecule has 0 fully saturated rings. The predicted molar refractivity (Wildman–Crippen MR) is 50.1 cm³/mol. The topological polar surface area (TPSA) is 66.0 Å². The highest BCUT2D eigenvalue weighted by Crippen LogP contribution is 2.14. The van der Waals surface area contributed by atoms with Crippen LogP contribution in [0.2, 0.25) is 0 Å². The Bertz CT molecular complexity index is 448. The van der Waals surface area contributed by atoms with Crippen molar-refractivity contribution in [3.05, 3.63) is 47.9 Å². The highest BCUT2D eigenvalue weighted by Gasteiger charge is 2.14. The third-order valence-corrected chi connectivity index (χ3v) is 1.88. The fourth-order valence-electron chi connectivity index (χ4n) is 1.19. The van der Waals surface area contributed by atoms with Crippen molar-refractivity contribution in [2.45, 2.75) is 0 Å². The number of rotatable bonds is 2. The van der Waals surface area contributed by atoms with Crippen LogP contribution in [-0.2, 0) is 0 Å². The lowest BCUT2D eigenvalue weighted by molar-refractivity contribution is 0.103. The van der Waals surface area contributed by atoms with E-state index in [2.05, 4.69) is 9.97 Å². The van der Waals surface area contributed by atoms with Crippen molar-refractivity contribution >= 4 is 5.78 Å². The highest BCUT2D eigenvalue weighted by molar-refractivity contribution is 6.08. The highest BCUT2D eigenvalue weighted by atomic mass is 16.3. The van der Waals surface area contributed by atoms with E-state index in [-0.39, 0.29) is 17.4 Å². The Morgan fingerprint density at radius 1 is 1.29 bits per heavy atom. The average molecular weight is 188 g/mol. The van der Waals surface area contributed by atoms with Crippen LogP contribution in [0.15, 0.2) is 36.7 Å². The van der Waals surface area contributed by atoms with Crippen molar-refractivity contribution in [3.63, 3.8) is 0 Å². The van der Waals surface area contributed by atoms with Crippen LogP contribution in [-0.4, -0.2) is 20.9 Å². The van der Waals surface area contributed by atoms with Crippen LogP contribution >= 0.6 is 0 Å². The summed E-state index contributed by atoms with van der Waals surface area (Å²) in [7, 11) is 0. The number of nitrogens with zero attached hydrogens (tertiary/aromatic N) is 1. The number of aromatic amines is 1. The average Bonchev–Trinajstić information content (AvgIpc) is 2.65. The van der Waals surface area contributed by atoms with Crippen molar-refractivity contribution in [1.82, 2.24) is 9.97 Å². The minimum Gasteiger partial charge on any atom is -0.492 e. The SMILES string of the molecule is O=C(c1ccccc1)c1[nH]cnc1O. The van der Waals surface area contributed by atoms with Gasteiger partial charge in [-0.1, -0.05) is 30.3 Å². The molecule has 0 radical (unpaired) electrons. The van der Waals surface area contributed by atoms with Crippen LogP contribution in [0.4, 0.5) is 0 Å². The number of imidazole rings is 1. The summed E-state index contributed by atoms with van der Waals surface area (Å²) in [6, 6.07) is 8.72. The van der Waals surface area contributed by atoms with Gasteiger partial charge in [-0.25, -0.2) is 4.98 Å². The molecule has 2 aromatic rings. The van der Waals surface area contributed by atoms with Crippen LogP contribution in [0.1, 0.15) is 16.1 Å². The number of benzene rings is 1. The molecule has 2 rings (SSSR count). The summed E-state index contributed by atoms with van der Waals surface area (Å²) in [6.07, 6.45) is 1.28. The second kappa shape index (κ2) is 3.33. The van der Waals surface area contributed by atoms with Crippen LogP contribution in [0.3, 0.4) is 0 Å². The molecular formula is C10H8N2O2. The molecule has 4 nitrogen and oxygen atoms in total. The molecular weight excluding hydrogens is 180 g/mol. The van der Waals surface area contributed by atoms with Gasteiger partial charge in [-0.3, -0.25) is 4.79 Å². The largest absolute Gasteiger partial charge is 0.492 e. The molecule has 0 aliphatic heterocycles. The Morgan fingerprint density at radius 2 is 2.00 bits per heavy atom. The number of ketones is 1. The van der Waals surface area contributed by atoms with Crippen LogP contribution in [0.5, 0.6) is 5.88 Å². The first-order valence-corrected chi connectivity index (χ1v) is 4.11. The van der Waals surface area contributed by atoms with Gasteiger partial charge in [-0.05, 0) is 0 Å². The summed E-state index contributed by atoms with van der Waals surface area (Å²) < 4.78 is 0. The summed E-state index contributed by atoms with van der Waals surface area (Å²) in [4.78, 5) is 17.8. The third-order valence-electron chi connectivity index (χ3n) is 1.88. The molecule has 0 amide bonds. The van der Waals surface area contributed by atoms with E-state index < -0.39 is 0 Å². The first kappa shape index (κ1) is 8.50. The molecule has 0 atom stereocenters. The van der Waals surface area contributed by atoms with Crippen molar-refractivity contribution in [2.75, 3.05) is 0 Å². The Balaban J connectivity index is 2.39. The lowest BCUT2D eigenvalue weighted by Gasteiger charge is -1.97. The van der Waals surface area contributed by atoms with Gasteiger partial charge in [-0.2, -0.15) is 0 Å². The van der Waals surface area contributed by atoms with Gasteiger partial charge < -0.3 is 10.1 Å². The summed E-state index contributed by atoms with van der Waals surface area (Å²) in [5.41, 5.74) is 0.642. The zero-order valence-electron chi connectivity index (χ0n) is 7.27. The van der Waals surface area contributed by atoms with Crippen LogP contribution < -0.4 is 0 Å². The maximum absolute atomic E-state index is 11.7. The lowest BCUT2D eigenvalue weighted by atomic mass is 10.1. The number of aromatic nitrogens is 2. The molecule has 0 aliphatic rings. The monoisotopic (exact) mass is 188 g/mol. The Morgan fingerprint density at radius 3 is 2.57 bits per heavy atom. The van der Waals surface area contributed by atoms with E-state index in [1.807, 2.05) is 6.07 Å². The molecule has 0 unspecified atom stereocenters. The first-order chi connectivity index (χ1) is 6.79. The van der Waals surface area contributed by atoms with E-state index in [1.165, 1.54) is 6.33 Å². The first-order valence-electron chi connectivity index (χ1n) is 4.11. The van der Waals surface area contributed by atoms with Crippen molar-refractivity contribution < 1.29 is 9.90 Å². The molecule has 0 bridgehead atoms. The zero-order chi connectivity index (χ0) is 9.97. The second-order valence-electron chi connectivity index (χ2n) is 2.80. The smallest absolute Gasteiger partial charge is 0.240 e. The Labute approximate surface area is 80.2 Å². The quantitative estimate of drug-likeness (QED) is 0.699. The number of carbonyl (C=O) groups is 1. The maximum Gasteiger partial charge on any atom is 0.240 e. The second-order valence-corrected chi connectivity index (χ2v) is 2.80. The molecule has 0 saturated carbocycles. The minimum absolute atomic E-state index is 0.121. The summed E-state index contributed by atoms with van der Waals surface area (Å²) in [5, 5.41) is 9.22. The van der Waals surface area contributed by atoms with Gasteiger partial charge in [0.15, 0.2) is 5.69 Å². The number of carbonyl (C=O) groups excluding carboxylic acids is 1. The van der Waals surface area contributed by atoms with Gasteiger partial charge >= 0.3 is 0 Å². The molecule has 4 heteroatoms. The molecule has 0 aliphatic carbocycles. The fourth-order valence-corrected chi connectivity index (χ4v) is 1.19. The van der Waals surface area contributed by atoms with E-state index in [0.29, 0.717) is 5.56 Å². The van der Waals surface area contributed by atoms with Gasteiger partial charge in [0, 0.05) is 5.56 Å². The van der Waals surface area contributed by atoms with Gasteiger partial charge in [0.25, 0.3) is 0 Å². The van der Waals surface area contributed by atoms with Crippen LogP contribution in [0.25, 0.3) is 0 Å². The van der Waals surface area contributed by atoms with Gasteiger partial charge in [0.2, 0.25) is 11.7 Å². The van der Waals surface area contributed by atoms with Gasteiger partial charge in [0.05, 0.1) is 6.33 Å². The van der Waals surface area contributed by atoms with Gasteiger partial charge in [0.1, 0.15) is 0 Å². The molecule has 14 heavy (non-hydrogen) atoms. The lowest BCUT2D eigenvalue weighted by Crippen LogP contribution is -2.01. The zero-order valence-corrected chi connectivity index (χ0v) is 7.27. The third kappa shape index (κ3) is 1.37. The van der Waals surface area contributed by atoms with E-state index in [1.54, 1.807) is 24.3 Å². The fraction of sp³-hybridized carbons (Fsp3) is 0. The maximum atomic E-state index is 11.7. The number of H-pyrrole nitrogens is 1. The Kier molecular flexibility index (Phi) is 2.02. The van der Waals surface area contributed by atoms with E-state index in [0.717, 1.165) is 0 Å². The van der Waals surface area contributed by atoms with Crippen molar-refractivity contribution in [2.24, 2.45) is 0 Å². The van der Waals surface area contributed by atoms with E-state index in [9.17, 15) is 9.90 Å². The number of hydrogen-bond donors (Lipinski definition) is 2. The van der Waals surface area contributed by atoms with Gasteiger partial charge in [-0.15, -0.1) is 0 Å². The molecule has 0 saturated heterocycles. The van der Waals surface area contributed by atoms with E-state index >= 15 is 0 Å². The Hall–Kier alpha value is -2.10. The van der Waals surface area contributed by atoms with Crippen LogP contribution in [0, 0.1) is 0 Å². The van der Waals surface area contributed by atoms with Crippen molar-refractivity contribution in [3.8, 4) is 5.88 Å². The molecule has 2 N–H and O–H groups in total. The van der Waals surface area contributed by atoms with E-state index in [4.69, 9.17) is 0 Å². The van der Waals surface area contributed by atoms with Crippen molar-refractivity contribution in [1.29, 1.82) is 0 Å². The minimum atomic E-state index is -0.265. The molecule has 1 aromatic carbocycles. The standard InChI is InChI=1S/C10H8N2O2/c13-9(7-4-2-1-3-5-7)8-10(14)12-6-11-8/h1-6,14H,(H,11,12). The molecule has 0 spiro atoms. The summed E-state index contributed by atoms with van der Waals surface area (Å²) in [6.45, 7) is 0. The molecule has 70 valence electrons. The summed E-state index contributed by atoms with van der Waals surface area (Å²) >= 11 is 0. The number of aromatic hydroxyl groups is 1. The summed E-state index contributed by atoms with van der Waals surface area (Å²) in [5.74, 6) is -0.528.